The summed E-state index contributed by atoms with van der Waals surface area (Å²) in [5, 5.41) is 5.15. The van der Waals surface area contributed by atoms with Crippen LogP contribution >= 0.6 is 11.6 Å². The van der Waals surface area contributed by atoms with Gasteiger partial charge in [0, 0.05) is 42.6 Å². The number of halogens is 1. The molecule has 0 aliphatic heterocycles. The van der Waals surface area contributed by atoms with Gasteiger partial charge in [0.05, 0.1) is 5.52 Å². The number of nitrogens with zero attached hydrogens (tertiary/aromatic N) is 1. The van der Waals surface area contributed by atoms with Gasteiger partial charge in [0.2, 0.25) is 0 Å². The number of ether oxygens (including phenoxy) is 1. The number of rotatable bonds is 5. The molecule has 4 heteroatoms. The quantitative estimate of drug-likeness (QED) is 0.827. The van der Waals surface area contributed by atoms with Gasteiger partial charge < -0.3 is 10.1 Å². The Morgan fingerprint density at radius 3 is 3.06 bits per heavy atom. The van der Waals surface area contributed by atoms with Gasteiger partial charge in [0.1, 0.15) is 0 Å². The highest BCUT2D eigenvalue weighted by Crippen LogP contribution is 2.24. The number of nitrogens with one attached hydrogen (secondary N) is 1. The van der Waals surface area contributed by atoms with E-state index in [-0.39, 0.29) is 0 Å². The summed E-state index contributed by atoms with van der Waals surface area (Å²) in [4.78, 5) is 4.30. The van der Waals surface area contributed by atoms with Gasteiger partial charge in [-0.25, -0.2) is 0 Å². The number of pyridine rings is 1. The molecule has 0 spiro atoms. The molecule has 0 atom stereocenters. The minimum atomic E-state index is 0.727. The van der Waals surface area contributed by atoms with E-state index in [0.717, 1.165) is 41.2 Å². The fraction of sp³-hybridized carbons (Fsp3) is 0.308. The van der Waals surface area contributed by atoms with Gasteiger partial charge in [-0.3, -0.25) is 4.98 Å². The molecule has 0 radical (unpaired) electrons. The van der Waals surface area contributed by atoms with Crippen LogP contribution in [0, 0.1) is 0 Å². The van der Waals surface area contributed by atoms with Crippen LogP contribution in [0.4, 0.5) is 5.69 Å². The van der Waals surface area contributed by atoms with Crippen LogP contribution in [0.3, 0.4) is 0 Å². The first kappa shape index (κ1) is 12.1. The standard InChI is InChI=1S/C13H15ClN2O/c1-17-8-2-6-15-13-5-7-16-12-4-3-10(14)9-11(12)13/h3-5,7,9H,2,6,8H2,1H3,(H,15,16). The fourth-order valence-electron chi connectivity index (χ4n) is 1.71. The first-order valence-electron chi connectivity index (χ1n) is 5.58. The Kier molecular flexibility index (Phi) is 4.18. The lowest BCUT2D eigenvalue weighted by Crippen LogP contribution is -2.05. The molecule has 3 nitrogen and oxygen atoms in total. The Hall–Kier alpha value is -1.32. The molecule has 17 heavy (non-hydrogen) atoms. The minimum absolute atomic E-state index is 0.727. The summed E-state index contributed by atoms with van der Waals surface area (Å²) in [6.45, 7) is 1.64. The Labute approximate surface area is 106 Å². The highest BCUT2D eigenvalue weighted by atomic mass is 35.5. The number of hydrogen-bond donors (Lipinski definition) is 1. The van der Waals surface area contributed by atoms with E-state index in [9.17, 15) is 0 Å². The van der Waals surface area contributed by atoms with Crippen molar-refractivity contribution in [1.29, 1.82) is 0 Å². The Balaban J connectivity index is 2.18. The van der Waals surface area contributed by atoms with Crippen LogP contribution in [-0.2, 0) is 4.74 Å². The predicted octanol–water partition coefficient (Wildman–Crippen LogP) is 3.34. The number of hydrogen-bond acceptors (Lipinski definition) is 3. The summed E-state index contributed by atoms with van der Waals surface area (Å²) in [6.07, 6.45) is 2.77. The second kappa shape index (κ2) is 5.84. The molecular formula is C13H15ClN2O. The number of anilines is 1. The molecule has 0 amide bonds. The lowest BCUT2D eigenvalue weighted by Gasteiger charge is -2.09. The molecule has 0 bridgehead atoms. The van der Waals surface area contributed by atoms with Crippen molar-refractivity contribution < 1.29 is 4.74 Å². The van der Waals surface area contributed by atoms with Gasteiger partial charge in [0.15, 0.2) is 0 Å². The van der Waals surface area contributed by atoms with Crippen LogP contribution in [0.2, 0.25) is 5.02 Å². The van der Waals surface area contributed by atoms with E-state index < -0.39 is 0 Å². The zero-order valence-corrected chi connectivity index (χ0v) is 10.5. The van der Waals surface area contributed by atoms with Gasteiger partial charge in [0.25, 0.3) is 0 Å². The average Bonchev–Trinajstić information content (AvgIpc) is 2.35. The van der Waals surface area contributed by atoms with Crippen molar-refractivity contribution in [2.75, 3.05) is 25.6 Å². The highest BCUT2D eigenvalue weighted by molar-refractivity contribution is 6.31. The van der Waals surface area contributed by atoms with E-state index in [1.165, 1.54) is 0 Å². The largest absolute Gasteiger partial charge is 0.385 e. The van der Waals surface area contributed by atoms with Crippen molar-refractivity contribution in [2.24, 2.45) is 0 Å². The number of aromatic nitrogens is 1. The smallest absolute Gasteiger partial charge is 0.0723 e. The molecule has 0 saturated heterocycles. The van der Waals surface area contributed by atoms with Gasteiger partial charge in [-0.1, -0.05) is 11.6 Å². The zero-order chi connectivity index (χ0) is 12.1. The molecule has 1 N–H and O–H groups in total. The summed E-state index contributed by atoms with van der Waals surface area (Å²) in [7, 11) is 1.71. The minimum Gasteiger partial charge on any atom is -0.385 e. The van der Waals surface area contributed by atoms with Crippen molar-refractivity contribution in [2.45, 2.75) is 6.42 Å². The molecular weight excluding hydrogens is 236 g/mol. The van der Waals surface area contributed by atoms with E-state index >= 15 is 0 Å². The number of methoxy groups -OCH3 is 1. The monoisotopic (exact) mass is 250 g/mol. The molecule has 2 aromatic rings. The lowest BCUT2D eigenvalue weighted by molar-refractivity contribution is 0.198. The van der Waals surface area contributed by atoms with Crippen LogP contribution in [0.5, 0.6) is 0 Å². The van der Waals surface area contributed by atoms with Gasteiger partial charge in [-0.2, -0.15) is 0 Å². The summed E-state index contributed by atoms with van der Waals surface area (Å²) < 4.78 is 5.01. The van der Waals surface area contributed by atoms with Crippen molar-refractivity contribution in [3.05, 3.63) is 35.5 Å². The summed E-state index contributed by atoms with van der Waals surface area (Å²) >= 11 is 6.00. The fourth-order valence-corrected chi connectivity index (χ4v) is 1.88. The third-order valence-electron chi connectivity index (χ3n) is 2.54. The average molecular weight is 251 g/mol. The maximum Gasteiger partial charge on any atom is 0.0723 e. The molecule has 1 aromatic carbocycles. The third-order valence-corrected chi connectivity index (χ3v) is 2.78. The Morgan fingerprint density at radius 2 is 2.24 bits per heavy atom. The Bertz CT molecular complexity index is 502. The van der Waals surface area contributed by atoms with Crippen molar-refractivity contribution >= 4 is 28.2 Å². The number of fused-ring (bicyclic) bond motifs is 1. The van der Waals surface area contributed by atoms with Crippen LogP contribution in [0.25, 0.3) is 10.9 Å². The molecule has 0 aliphatic carbocycles. The maximum absolute atomic E-state index is 6.00. The van der Waals surface area contributed by atoms with Crippen LogP contribution in [0.1, 0.15) is 6.42 Å². The van der Waals surface area contributed by atoms with Crippen molar-refractivity contribution in [1.82, 2.24) is 4.98 Å². The zero-order valence-electron chi connectivity index (χ0n) is 9.74. The van der Waals surface area contributed by atoms with Crippen LogP contribution < -0.4 is 5.32 Å². The second-order valence-corrected chi connectivity index (χ2v) is 4.23. The maximum atomic E-state index is 6.00. The van der Waals surface area contributed by atoms with Crippen LogP contribution in [-0.4, -0.2) is 25.2 Å². The van der Waals surface area contributed by atoms with E-state index in [1.54, 1.807) is 13.3 Å². The molecule has 0 fully saturated rings. The topological polar surface area (TPSA) is 34.1 Å². The summed E-state index contributed by atoms with van der Waals surface area (Å²) in [5.74, 6) is 0. The molecule has 90 valence electrons. The van der Waals surface area contributed by atoms with Gasteiger partial charge in [-0.05, 0) is 30.7 Å². The van der Waals surface area contributed by atoms with Crippen molar-refractivity contribution in [3.63, 3.8) is 0 Å². The lowest BCUT2D eigenvalue weighted by atomic mass is 10.2. The molecule has 1 heterocycles. The van der Waals surface area contributed by atoms with Crippen molar-refractivity contribution in [3.8, 4) is 0 Å². The van der Waals surface area contributed by atoms with E-state index in [1.807, 2.05) is 24.3 Å². The SMILES string of the molecule is COCCCNc1ccnc2ccc(Cl)cc12. The number of benzene rings is 1. The molecule has 0 aliphatic rings. The normalized spacial score (nSPS) is 10.7. The summed E-state index contributed by atoms with van der Waals surface area (Å²) in [5.41, 5.74) is 2.01. The molecule has 1 aromatic heterocycles. The second-order valence-electron chi connectivity index (χ2n) is 3.79. The van der Waals surface area contributed by atoms with E-state index in [0.29, 0.717) is 0 Å². The van der Waals surface area contributed by atoms with E-state index in [2.05, 4.69) is 10.3 Å². The van der Waals surface area contributed by atoms with E-state index in [4.69, 9.17) is 16.3 Å². The van der Waals surface area contributed by atoms with Gasteiger partial charge in [-0.15, -0.1) is 0 Å². The molecule has 0 saturated carbocycles. The van der Waals surface area contributed by atoms with Crippen LogP contribution in [0.15, 0.2) is 30.5 Å². The van der Waals surface area contributed by atoms with Gasteiger partial charge >= 0.3 is 0 Å². The molecule has 0 unspecified atom stereocenters. The Morgan fingerprint density at radius 1 is 1.35 bits per heavy atom. The first-order valence-corrected chi connectivity index (χ1v) is 5.96. The highest BCUT2D eigenvalue weighted by Gasteiger charge is 2.01. The first-order chi connectivity index (χ1) is 8.31. The summed E-state index contributed by atoms with van der Waals surface area (Å²) in [6, 6.07) is 7.68. The third kappa shape index (κ3) is 3.08. The predicted molar refractivity (Wildman–Crippen MR) is 71.7 cm³/mol. The molecule has 2 rings (SSSR count).